The number of phenolic OH excluding ortho intramolecular Hbond substituents is 4. The van der Waals surface area contributed by atoms with Gasteiger partial charge in [0.05, 0.1) is 9.79 Å². The van der Waals surface area contributed by atoms with E-state index >= 15 is 0 Å². The normalized spacial score (nSPS) is 16.0. The van der Waals surface area contributed by atoms with Gasteiger partial charge in [-0.15, -0.1) is 0 Å². The molecule has 1 aliphatic rings. The average molecular weight is 458 g/mol. The molecule has 1 fully saturated rings. The molecule has 2 aromatic rings. The Kier molecular flexibility index (Phi) is 6.16. The van der Waals surface area contributed by atoms with Gasteiger partial charge in [-0.2, -0.15) is 0 Å². The lowest BCUT2D eigenvalue weighted by molar-refractivity contribution is 0.322. The number of sulfonamides is 2. The Morgan fingerprint density at radius 3 is 1.53 bits per heavy atom. The van der Waals surface area contributed by atoms with E-state index in [2.05, 4.69) is 0 Å². The topological polar surface area (TPSA) is 152 Å². The highest BCUT2D eigenvalue weighted by Gasteiger charge is 2.39. The van der Waals surface area contributed by atoms with Gasteiger partial charge < -0.3 is 20.4 Å². The van der Waals surface area contributed by atoms with E-state index in [1.807, 2.05) is 0 Å². The van der Waals surface area contributed by atoms with Crippen LogP contribution in [-0.4, -0.2) is 47.5 Å². The minimum atomic E-state index is -4.64. The first-order chi connectivity index (χ1) is 14.0. The summed E-state index contributed by atoms with van der Waals surface area (Å²) in [5, 5.41) is 38.4. The molecule has 30 heavy (non-hydrogen) atoms. The third kappa shape index (κ3) is 4.32. The highest BCUT2D eigenvalue weighted by molar-refractivity contribution is 8.04. The second-order valence-electron chi connectivity index (χ2n) is 7.27. The van der Waals surface area contributed by atoms with E-state index in [0.717, 1.165) is 55.7 Å². The molecule has 0 amide bonds. The Morgan fingerprint density at radius 1 is 0.700 bits per heavy atom. The Hall–Kier alpha value is -2.50. The van der Waals surface area contributed by atoms with Crippen molar-refractivity contribution in [2.75, 3.05) is 6.54 Å². The first-order valence-electron chi connectivity index (χ1n) is 9.35. The van der Waals surface area contributed by atoms with E-state index < -0.39 is 52.8 Å². The van der Waals surface area contributed by atoms with E-state index in [1.165, 1.54) is 0 Å². The predicted molar refractivity (Wildman–Crippen MR) is 107 cm³/mol. The molecule has 9 nitrogen and oxygen atoms in total. The van der Waals surface area contributed by atoms with Gasteiger partial charge in [0.25, 0.3) is 20.0 Å². The maximum Gasteiger partial charge on any atom is 0.256 e. The lowest BCUT2D eigenvalue weighted by Crippen LogP contribution is -2.40. The molecule has 0 aromatic heterocycles. The first-order valence-corrected chi connectivity index (χ1v) is 12.2. The molecule has 0 bridgehead atoms. The molecule has 1 aliphatic carbocycles. The summed E-state index contributed by atoms with van der Waals surface area (Å²) in [7, 11) is -9.28. The first kappa shape index (κ1) is 22.2. The molecule has 2 aromatic carbocycles. The molecule has 0 atom stereocenters. The van der Waals surface area contributed by atoms with Gasteiger partial charge in [-0.25, -0.2) is 16.8 Å². The molecular weight excluding hydrogens is 434 g/mol. The van der Waals surface area contributed by atoms with Crippen LogP contribution in [0.2, 0.25) is 0 Å². The van der Waals surface area contributed by atoms with Crippen LogP contribution in [0.3, 0.4) is 0 Å². The second kappa shape index (κ2) is 8.32. The standard InChI is InChI=1S/C19H23NO8S2/c21-16-8-6-14(10-18(16)23)29(25,26)20(12-13-4-2-1-3-5-13)30(27,28)15-7-9-17(22)19(24)11-15/h6-11,13,21-24H,1-5,12H2. The monoisotopic (exact) mass is 457 g/mol. The van der Waals surface area contributed by atoms with Crippen LogP contribution < -0.4 is 0 Å². The summed E-state index contributed by atoms with van der Waals surface area (Å²) in [4.78, 5) is -1.000. The number of rotatable bonds is 6. The lowest BCUT2D eigenvalue weighted by Gasteiger charge is -2.28. The van der Waals surface area contributed by atoms with Crippen molar-refractivity contribution in [3.05, 3.63) is 36.4 Å². The summed E-state index contributed by atoms with van der Waals surface area (Å²) in [6.07, 6.45) is 4.05. The van der Waals surface area contributed by atoms with Crippen LogP contribution >= 0.6 is 0 Å². The molecular formula is C19H23NO8S2. The Labute approximate surface area is 174 Å². The SMILES string of the molecule is O=S(=O)(c1ccc(O)c(O)c1)N(CC1CCCCC1)S(=O)(=O)c1ccc(O)c(O)c1. The smallest absolute Gasteiger partial charge is 0.256 e. The Balaban J connectivity index is 2.11. The molecule has 0 saturated heterocycles. The lowest BCUT2D eigenvalue weighted by atomic mass is 9.89. The Bertz CT molecular complexity index is 1060. The van der Waals surface area contributed by atoms with Crippen molar-refractivity contribution in [3.8, 4) is 23.0 Å². The minimum absolute atomic E-state index is 0.181. The van der Waals surface area contributed by atoms with Crippen molar-refractivity contribution in [1.29, 1.82) is 0 Å². The van der Waals surface area contributed by atoms with Crippen LogP contribution in [0.1, 0.15) is 32.1 Å². The van der Waals surface area contributed by atoms with Crippen LogP contribution in [-0.2, 0) is 20.0 Å². The van der Waals surface area contributed by atoms with Gasteiger partial charge in [-0.1, -0.05) is 23.0 Å². The van der Waals surface area contributed by atoms with Crippen LogP contribution in [0.4, 0.5) is 0 Å². The fourth-order valence-corrected chi connectivity index (χ4v) is 7.30. The van der Waals surface area contributed by atoms with E-state index in [-0.39, 0.29) is 12.5 Å². The van der Waals surface area contributed by atoms with Crippen molar-refractivity contribution in [1.82, 2.24) is 3.71 Å². The number of aromatic hydroxyl groups is 4. The summed E-state index contributed by atoms with van der Waals surface area (Å²) in [6.45, 7) is -0.298. The largest absolute Gasteiger partial charge is 0.504 e. The minimum Gasteiger partial charge on any atom is -0.504 e. The molecule has 11 heteroatoms. The fraction of sp³-hybridized carbons (Fsp3) is 0.368. The fourth-order valence-electron chi connectivity index (χ4n) is 3.47. The Morgan fingerprint density at radius 2 is 1.13 bits per heavy atom. The summed E-state index contributed by atoms with van der Waals surface area (Å²) in [5.74, 6) is -2.67. The zero-order valence-electron chi connectivity index (χ0n) is 16.0. The molecule has 0 spiro atoms. The molecule has 0 heterocycles. The highest BCUT2D eigenvalue weighted by Crippen LogP contribution is 2.35. The van der Waals surface area contributed by atoms with E-state index in [1.54, 1.807) is 0 Å². The molecule has 0 radical (unpaired) electrons. The van der Waals surface area contributed by atoms with Crippen LogP contribution in [0.25, 0.3) is 0 Å². The molecule has 164 valence electrons. The number of benzene rings is 2. The van der Waals surface area contributed by atoms with Crippen molar-refractivity contribution >= 4 is 20.0 Å². The van der Waals surface area contributed by atoms with E-state index in [0.29, 0.717) is 16.6 Å². The van der Waals surface area contributed by atoms with Crippen LogP contribution in [0.5, 0.6) is 23.0 Å². The van der Waals surface area contributed by atoms with Gasteiger partial charge in [0.2, 0.25) is 0 Å². The number of phenols is 4. The number of hydrogen-bond donors (Lipinski definition) is 4. The maximum atomic E-state index is 13.3. The quantitative estimate of drug-likeness (QED) is 0.483. The molecule has 1 saturated carbocycles. The van der Waals surface area contributed by atoms with Crippen molar-refractivity contribution in [2.24, 2.45) is 5.92 Å². The number of hydrogen-bond acceptors (Lipinski definition) is 8. The predicted octanol–water partition coefficient (Wildman–Crippen LogP) is 2.47. The number of nitrogens with zero attached hydrogens (tertiary/aromatic N) is 1. The summed E-state index contributed by atoms with van der Waals surface area (Å²) in [5.41, 5.74) is 0. The van der Waals surface area contributed by atoms with E-state index in [9.17, 15) is 37.3 Å². The van der Waals surface area contributed by atoms with Crippen LogP contribution in [0.15, 0.2) is 46.2 Å². The summed E-state index contributed by atoms with van der Waals surface area (Å²) >= 11 is 0. The van der Waals surface area contributed by atoms with Gasteiger partial charge in [-0.05, 0) is 43.0 Å². The highest BCUT2D eigenvalue weighted by atomic mass is 32.3. The van der Waals surface area contributed by atoms with Gasteiger partial charge in [0.15, 0.2) is 23.0 Å². The van der Waals surface area contributed by atoms with Crippen molar-refractivity contribution in [3.63, 3.8) is 0 Å². The van der Waals surface area contributed by atoms with Crippen molar-refractivity contribution in [2.45, 2.75) is 41.9 Å². The van der Waals surface area contributed by atoms with Gasteiger partial charge in [0.1, 0.15) is 0 Å². The van der Waals surface area contributed by atoms with Crippen molar-refractivity contribution < 1.29 is 37.3 Å². The zero-order chi connectivity index (χ0) is 22.1. The second-order valence-corrected chi connectivity index (χ2v) is 11.2. The third-order valence-electron chi connectivity index (χ3n) is 5.16. The van der Waals surface area contributed by atoms with Gasteiger partial charge in [-0.3, -0.25) is 0 Å². The average Bonchev–Trinajstić information content (AvgIpc) is 2.70. The zero-order valence-corrected chi connectivity index (χ0v) is 17.6. The molecule has 3 rings (SSSR count). The van der Waals surface area contributed by atoms with E-state index in [4.69, 9.17) is 0 Å². The molecule has 0 unspecified atom stereocenters. The summed E-state index contributed by atoms with van der Waals surface area (Å²) < 4.78 is 53.5. The van der Waals surface area contributed by atoms with Crippen LogP contribution in [0, 0.1) is 5.92 Å². The van der Waals surface area contributed by atoms with Gasteiger partial charge in [0, 0.05) is 18.7 Å². The molecule has 0 aliphatic heterocycles. The van der Waals surface area contributed by atoms with Gasteiger partial charge >= 0.3 is 0 Å². The maximum absolute atomic E-state index is 13.3. The summed E-state index contributed by atoms with van der Waals surface area (Å²) in [6, 6.07) is 5.48. The third-order valence-corrected chi connectivity index (χ3v) is 9.40. The molecule has 4 N–H and O–H groups in total.